The molecule has 0 saturated heterocycles. The number of ether oxygens (including phenoxy) is 1. The Kier molecular flexibility index (Phi) is 8.38. The molecule has 142 valence electrons. The van der Waals surface area contributed by atoms with E-state index in [9.17, 15) is 13.2 Å². The van der Waals surface area contributed by atoms with Gasteiger partial charge in [-0.1, -0.05) is 57.5 Å². The van der Waals surface area contributed by atoms with Gasteiger partial charge in [-0.15, -0.1) is 0 Å². The highest BCUT2D eigenvalue weighted by molar-refractivity contribution is 7.85. The number of rotatable bonds is 9. The van der Waals surface area contributed by atoms with E-state index in [4.69, 9.17) is 8.92 Å². The van der Waals surface area contributed by atoms with E-state index >= 15 is 0 Å². The zero-order valence-corrected chi connectivity index (χ0v) is 16.3. The number of nitrogens with one attached hydrogen (secondary N) is 1. The van der Waals surface area contributed by atoms with Crippen LogP contribution in [0.25, 0.3) is 0 Å². The molecule has 0 radical (unpaired) electrons. The molecular formula is C18H29NO5S. The first kappa shape index (κ1) is 21.4. The minimum atomic E-state index is -3.56. The number of carbonyl (C=O) groups is 1. The van der Waals surface area contributed by atoms with Crippen molar-refractivity contribution in [2.75, 3.05) is 12.9 Å². The molecule has 1 aromatic carbocycles. The van der Waals surface area contributed by atoms with Crippen LogP contribution in [0.15, 0.2) is 30.3 Å². The van der Waals surface area contributed by atoms with E-state index in [1.165, 1.54) is 0 Å². The Hall–Kier alpha value is -1.60. The summed E-state index contributed by atoms with van der Waals surface area (Å²) < 4.78 is 32.4. The fraction of sp³-hybridized carbons (Fsp3) is 0.611. The predicted molar refractivity (Wildman–Crippen MR) is 97.7 cm³/mol. The number of benzene rings is 1. The second-order valence-electron chi connectivity index (χ2n) is 7.34. The zero-order valence-electron chi connectivity index (χ0n) is 15.4. The van der Waals surface area contributed by atoms with E-state index in [1.807, 2.05) is 30.3 Å². The summed E-state index contributed by atoms with van der Waals surface area (Å²) in [5.41, 5.74) is 1.06. The quantitative estimate of drug-likeness (QED) is 0.672. The lowest BCUT2D eigenvalue weighted by atomic mass is 9.89. The van der Waals surface area contributed by atoms with Gasteiger partial charge in [0.15, 0.2) is 0 Å². The van der Waals surface area contributed by atoms with Gasteiger partial charge in [0.25, 0.3) is 10.1 Å². The largest absolute Gasteiger partial charge is 0.445 e. The number of hydrogen-bond donors (Lipinski definition) is 1. The Bertz CT molecular complexity index is 623. The highest BCUT2D eigenvalue weighted by Crippen LogP contribution is 2.22. The number of hydrogen-bond acceptors (Lipinski definition) is 5. The predicted octanol–water partition coefficient (Wildman–Crippen LogP) is 3.47. The molecule has 1 amide bonds. The van der Waals surface area contributed by atoms with Gasteiger partial charge in [0.2, 0.25) is 0 Å². The maximum Gasteiger partial charge on any atom is 0.407 e. The first-order valence-electron chi connectivity index (χ1n) is 8.37. The second-order valence-corrected chi connectivity index (χ2v) is 8.99. The molecule has 1 rings (SSSR count). The molecule has 0 aliphatic carbocycles. The summed E-state index contributed by atoms with van der Waals surface area (Å²) in [5.74, 6) is 0. The smallest absolute Gasteiger partial charge is 0.407 e. The van der Waals surface area contributed by atoms with Crippen molar-refractivity contribution < 1.29 is 22.1 Å². The fourth-order valence-electron chi connectivity index (χ4n) is 2.21. The summed E-state index contributed by atoms with van der Waals surface area (Å²) in [6.07, 6.45) is 2.84. The molecule has 0 fully saturated rings. The lowest BCUT2D eigenvalue weighted by Crippen LogP contribution is -2.39. The third kappa shape index (κ3) is 11.6. The fourth-order valence-corrected chi connectivity index (χ4v) is 2.62. The number of amides is 1. The van der Waals surface area contributed by atoms with Gasteiger partial charge in [-0.3, -0.25) is 4.18 Å². The van der Waals surface area contributed by atoms with Gasteiger partial charge >= 0.3 is 6.09 Å². The van der Waals surface area contributed by atoms with Crippen molar-refractivity contribution in [3.8, 4) is 0 Å². The molecule has 0 saturated carbocycles. The highest BCUT2D eigenvalue weighted by atomic mass is 32.2. The standard InChI is InChI=1S/C18H29NO5S/c1-18(2,3)12-8-11-16(14-24-25(4,21)22)19-17(20)23-13-15-9-6-5-7-10-15/h5-7,9-10,16H,8,11-14H2,1-4H3,(H,19,20)/t16-/m0/s1. The number of carbonyl (C=O) groups excluding carboxylic acids is 1. The average Bonchev–Trinajstić information content (AvgIpc) is 2.49. The molecular weight excluding hydrogens is 342 g/mol. The first-order chi connectivity index (χ1) is 11.6. The molecule has 25 heavy (non-hydrogen) atoms. The third-order valence-electron chi connectivity index (χ3n) is 3.50. The lowest BCUT2D eigenvalue weighted by molar-refractivity contribution is 0.129. The Balaban J connectivity index is 2.50. The highest BCUT2D eigenvalue weighted by Gasteiger charge is 2.18. The van der Waals surface area contributed by atoms with Crippen LogP contribution in [0.3, 0.4) is 0 Å². The van der Waals surface area contributed by atoms with Crippen molar-refractivity contribution in [2.24, 2.45) is 5.41 Å². The van der Waals surface area contributed by atoms with E-state index in [0.717, 1.165) is 24.7 Å². The second kappa shape index (κ2) is 9.77. The normalized spacial score (nSPS) is 13.3. The SMILES string of the molecule is CC(C)(C)CCC[C@@H](COS(C)(=O)=O)NC(=O)OCc1ccccc1. The van der Waals surface area contributed by atoms with Crippen molar-refractivity contribution >= 4 is 16.2 Å². The molecule has 0 aliphatic rings. The van der Waals surface area contributed by atoms with E-state index in [2.05, 4.69) is 26.1 Å². The topological polar surface area (TPSA) is 81.7 Å². The lowest BCUT2D eigenvalue weighted by Gasteiger charge is -2.21. The van der Waals surface area contributed by atoms with E-state index in [0.29, 0.717) is 6.42 Å². The van der Waals surface area contributed by atoms with Crippen molar-refractivity contribution in [3.63, 3.8) is 0 Å². The number of alkyl carbamates (subject to hydrolysis) is 1. The molecule has 0 unspecified atom stereocenters. The van der Waals surface area contributed by atoms with Crippen LogP contribution in [-0.2, 0) is 25.6 Å². The third-order valence-corrected chi connectivity index (χ3v) is 4.06. The maximum atomic E-state index is 12.0. The summed E-state index contributed by atoms with van der Waals surface area (Å²) in [4.78, 5) is 12.0. The molecule has 7 heteroatoms. The van der Waals surface area contributed by atoms with Crippen LogP contribution in [0.5, 0.6) is 0 Å². The first-order valence-corrected chi connectivity index (χ1v) is 10.2. The molecule has 6 nitrogen and oxygen atoms in total. The van der Waals surface area contributed by atoms with Crippen LogP contribution in [0, 0.1) is 5.41 Å². The molecule has 1 aromatic rings. The van der Waals surface area contributed by atoms with E-state index in [1.54, 1.807) is 0 Å². The molecule has 1 N–H and O–H groups in total. The Morgan fingerprint density at radius 1 is 1.20 bits per heavy atom. The van der Waals surface area contributed by atoms with E-state index < -0.39 is 22.3 Å². The van der Waals surface area contributed by atoms with Crippen molar-refractivity contribution in [1.82, 2.24) is 5.32 Å². The molecule has 1 atom stereocenters. The van der Waals surface area contributed by atoms with Gasteiger partial charge in [0.1, 0.15) is 6.61 Å². The minimum absolute atomic E-state index is 0.0938. The van der Waals surface area contributed by atoms with Gasteiger partial charge in [-0.05, 0) is 23.8 Å². The van der Waals surface area contributed by atoms with Crippen LogP contribution in [0.4, 0.5) is 4.79 Å². The van der Waals surface area contributed by atoms with Gasteiger partial charge in [-0.2, -0.15) is 8.42 Å². The summed E-state index contributed by atoms with van der Waals surface area (Å²) >= 11 is 0. The minimum Gasteiger partial charge on any atom is -0.445 e. The van der Waals surface area contributed by atoms with Crippen LogP contribution in [-0.4, -0.2) is 33.4 Å². The van der Waals surface area contributed by atoms with Gasteiger partial charge in [0.05, 0.1) is 18.9 Å². The van der Waals surface area contributed by atoms with Crippen molar-refractivity contribution in [1.29, 1.82) is 0 Å². The Labute approximate surface area is 151 Å². The molecule has 0 heterocycles. The molecule has 0 aliphatic heterocycles. The zero-order chi connectivity index (χ0) is 18.9. The average molecular weight is 371 g/mol. The maximum absolute atomic E-state index is 12.0. The molecule has 0 bridgehead atoms. The summed E-state index contributed by atoms with van der Waals surface area (Å²) in [7, 11) is -3.56. The Morgan fingerprint density at radius 3 is 2.40 bits per heavy atom. The molecule has 0 spiro atoms. The van der Waals surface area contributed by atoms with Crippen molar-refractivity contribution in [2.45, 2.75) is 52.7 Å². The van der Waals surface area contributed by atoms with Gasteiger partial charge < -0.3 is 10.1 Å². The van der Waals surface area contributed by atoms with Crippen LogP contribution < -0.4 is 5.32 Å². The molecule has 0 aromatic heterocycles. The monoisotopic (exact) mass is 371 g/mol. The Morgan fingerprint density at radius 2 is 1.84 bits per heavy atom. The van der Waals surface area contributed by atoms with Gasteiger partial charge in [-0.25, -0.2) is 4.79 Å². The van der Waals surface area contributed by atoms with Crippen molar-refractivity contribution in [3.05, 3.63) is 35.9 Å². The summed E-state index contributed by atoms with van der Waals surface area (Å²) in [6, 6.07) is 8.93. The summed E-state index contributed by atoms with van der Waals surface area (Å²) in [5, 5.41) is 2.70. The van der Waals surface area contributed by atoms with Crippen LogP contribution in [0.2, 0.25) is 0 Å². The van der Waals surface area contributed by atoms with Crippen LogP contribution in [0.1, 0.15) is 45.6 Å². The van der Waals surface area contributed by atoms with E-state index in [-0.39, 0.29) is 18.6 Å². The van der Waals surface area contributed by atoms with Crippen LogP contribution >= 0.6 is 0 Å². The summed E-state index contributed by atoms with van der Waals surface area (Å²) in [6.45, 7) is 6.47. The van der Waals surface area contributed by atoms with Gasteiger partial charge in [0, 0.05) is 0 Å².